The predicted octanol–water partition coefficient (Wildman–Crippen LogP) is 2.68. The Hall–Kier alpha value is -2.09. The highest BCUT2D eigenvalue weighted by molar-refractivity contribution is 5.90. The van der Waals surface area contributed by atoms with Crippen LogP contribution in [0.5, 0.6) is 0 Å². The van der Waals surface area contributed by atoms with E-state index in [2.05, 4.69) is 6.07 Å². The molecule has 5 heteroatoms. The number of nitrogens with zero attached hydrogens (tertiary/aromatic N) is 1. The highest BCUT2D eigenvalue weighted by Crippen LogP contribution is 2.53. The van der Waals surface area contributed by atoms with Gasteiger partial charge in [-0.1, -0.05) is 18.2 Å². The van der Waals surface area contributed by atoms with Gasteiger partial charge < -0.3 is 9.47 Å². The summed E-state index contributed by atoms with van der Waals surface area (Å²) in [7, 11) is 1.27. The normalized spacial score (nSPS) is 30.3. The molecule has 0 amide bonds. The van der Waals surface area contributed by atoms with E-state index in [-0.39, 0.29) is 19.0 Å². The molecule has 0 heterocycles. The first kappa shape index (κ1) is 16.3. The van der Waals surface area contributed by atoms with E-state index >= 15 is 0 Å². The van der Waals surface area contributed by atoms with Crippen molar-refractivity contribution in [3.63, 3.8) is 0 Å². The van der Waals surface area contributed by atoms with E-state index in [1.165, 1.54) is 7.11 Å². The van der Waals surface area contributed by atoms with E-state index in [0.29, 0.717) is 18.4 Å². The Labute approximate surface area is 130 Å². The first-order chi connectivity index (χ1) is 10.6. The Bertz CT molecular complexity index is 572. The summed E-state index contributed by atoms with van der Waals surface area (Å²) in [5.41, 5.74) is -1.80. The zero-order chi connectivity index (χ0) is 16.2. The molecule has 0 N–H and O–H groups in total. The lowest BCUT2D eigenvalue weighted by Crippen LogP contribution is -2.45. The van der Waals surface area contributed by atoms with Gasteiger partial charge in [-0.05, 0) is 44.6 Å². The quantitative estimate of drug-likeness (QED) is 0.592. The zero-order valence-corrected chi connectivity index (χ0v) is 13.1. The van der Waals surface area contributed by atoms with Gasteiger partial charge in [0.05, 0.1) is 25.2 Å². The Balaban J connectivity index is 2.62. The first-order valence-corrected chi connectivity index (χ1v) is 7.60. The van der Waals surface area contributed by atoms with E-state index in [1.54, 1.807) is 13.0 Å². The van der Waals surface area contributed by atoms with Crippen molar-refractivity contribution >= 4 is 11.9 Å². The molecule has 2 aliphatic carbocycles. The van der Waals surface area contributed by atoms with Crippen molar-refractivity contribution in [1.82, 2.24) is 0 Å². The maximum atomic E-state index is 12.7. The van der Waals surface area contributed by atoms with Crippen LogP contribution in [-0.4, -0.2) is 25.7 Å². The molecule has 2 unspecified atom stereocenters. The van der Waals surface area contributed by atoms with Gasteiger partial charge >= 0.3 is 11.9 Å². The maximum absolute atomic E-state index is 12.7. The molecule has 2 rings (SSSR count). The number of carbonyl (C=O) groups is 2. The summed E-state index contributed by atoms with van der Waals surface area (Å²) in [4.78, 5) is 25.0. The second-order valence-corrected chi connectivity index (χ2v) is 5.70. The molecule has 0 aliphatic heterocycles. The summed E-state index contributed by atoms with van der Waals surface area (Å²) in [6.07, 6.45) is 8.38. The lowest BCUT2D eigenvalue weighted by molar-refractivity contribution is -0.156. The lowest BCUT2D eigenvalue weighted by Gasteiger charge is -2.40. The van der Waals surface area contributed by atoms with Crippen LogP contribution < -0.4 is 0 Å². The second-order valence-electron chi connectivity index (χ2n) is 5.70. The zero-order valence-electron chi connectivity index (χ0n) is 13.1. The van der Waals surface area contributed by atoms with Gasteiger partial charge in [-0.2, -0.15) is 5.26 Å². The summed E-state index contributed by atoms with van der Waals surface area (Å²) in [6.45, 7) is 2.03. The number of nitriles is 1. The van der Waals surface area contributed by atoms with Crippen molar-refractivity contribution in [2.45, 2.75) is 39.0 Å². The summed E-state index contributed by atoms with van der Waals surface area (Å²) in [5.74, 6) is -0.959. The van der Waals surface area contributed by atoms with Crippen molar-refractivity contribution < 1.29 is 19.1 Å². The molecule has 0 fully saturated rings. The van der Waals surface area contributed by atoms with Gasteiger partial charge in [-0.3, -0.25) is 4.79 Å². The van der Waals surface area contributed by atoms with Crippen LogP contribution in [0.1, 0.15) is 39.0 Å². The fourth-order valence-corrected chi connectivity index (χ4v) is 3.51. The SMILES string of the molecule is CCOC(=O)C12CC=CCC(C#N)(C(=O)OC)C1=CCCC2. The maximum Gasteiger partial charge on any atom is 0.330 e. The second kappa shape index (κ2) is 6.35. The van der Waals surface area contributed by atoms with Crippen LogP contribution in [0, 0.1) is 22.2 Å². The van der Waals surface area contributed by atoms with Crippen molar-refractivity contribution in [3.05, 3.63) is 23.8 Å². The van der Waals surface area contributed by atoms with Gasteiger partial charge in [0.1, 0.15) is 0 Å². The molecule has 0 bridgehead atoms. The smallest absolute Gasteiger partial charge is 0.330 e. The van der Waals surface area contributed by atoms with Gasteiger partial charge in [0, 0.05) is 0 Å². The number of hydrogen-bond donors (Lipinski definition) is 0. The Morgan fingerprint density at radius 3 is 2.68 bits per heavy atom. The minimum atomic E-state index is -1.44. The molecule has 0 radical (unpaired) electrons. The number of rotatable bonds is 3. The van der Waals surface area contributed by atoms with Gasteiger partial charge in [-0.25, -0.2) is 4.79 Å². The van der Waals surface area contributed by atoms with Crippen LogP contribution in [0.15, 0.2) is 23.8 Å². The molecule has 0 spiro atoms. The molecule has 118 valence electrons. The van der Waals surface area contributed by atoms with Gasteiger partial charge in [-0.15, -0.1) is 0 Å². The summed E-state index contributed by atoms with van der Waals surface area (Å²) in [6, 6.07) is 2.13. The highest BCUT2D eigenvalue weighted by atomic mass is 16.5. The van der Waals surface area contributed by atoms with Crippen LogP contribution in [0.4, 0.5) is 0 Å². The molecule has 2 aliphatic rings. The molecule has 2 atom stereocenters. The van der Waals surface area contributed by atoms with E-state index in [1.807, 2.05) is 12.2 Å². The van der Waals surface area contributed by atoms with E-state index in [0.717, 1.165) is 12.8 Å². The van der Waals surface area contributed by atoms with Crippen molar-refractivity contribution in [2.75, 3.05) is 13.7 Å². The average molecular weight is 303 g/mol. The number of esters is 2. The number of carbonyl (C=O) groups excluding carboxylic acids is 2. The van der Waals surface area contributed by atoms with Crippen LogP contribution in [-0.2, 0) is 19.1 Å². The number of methoxy groups -OCH3 is 1. The Morgan fingerprint density at radius 2 is 2.05 bits per heavy atom. The minimum Gasteiger partial charge on any atom is -0.468 e. The number of allylic oxidation sites excluding steroid dienone is 3. The Morgan fingerprint density at radius 1 is 1.32 bits per heavy atom. The molecule has 0 saturated carbocycles. The van der Waals surface area contributed by atoms with Crippen LogP contribution in [0.2, 0.25) is 0 Å². The predicted molar refractivity (Wildman–Crippen MR) is 79.4 cm³/mol. The summed E-state index contributed by atoms with van der Waals surface area (Å²) < 4.78 is 10.2. The van der Waals surface area contributed by atoms with E-state index in [9.17, 15) is 14.9 Å². The highest BCUT2D eigenvalue weighted by Gasteiger charge is 2.56. The third-order valence-corrected chi connectivity index (χ3v) is 4.58. The Kier molecular flexibility index (Phi) is 4.70. The monoisotopic (exact) mass is 303 g/mol. The average Bonchev–Trinajstić information content (AvgIpc) is 2.72. The molecule has 22 heavy (non-hydrogen) atoms. The molecular formula is C17H21NO4. The van der Waals surface area contributed by atoms with E-state index < -0.39 is 16.8 Å². The van der Waals surface area contributed by atoms with Gasteiger partial charge in [0.15, 0.2) is 5.41 Å². The van der Waals surface area contributed by atoms with Crippen LogP contribution in [0.25, 0.3) is 0 Å². The molecule has 0 aromatic heterocycles. The molecule has 5 nitrogen and oxygen atoms in total. The summed E-state index contributed by atoms with van der Waals surface area (Å²) in [5, 5.41) is 9.76. The fourth-order valence-electron chi connectivity index (χ4n) is 3.51. The van der Waals surface area contributed by atoms with Gasteiger partial charge in [0.25, 0.3) is 0 Å². The third kappa shape index (κ3) is 2.33. The fraction of sp³-hybridized carbons (Fsp3) is 0.588. The van der Waals surface area contributed by atoms with E-state index in [4.69, 9.17) is 9.47 Å². The van der Waals surface area contributed by atoms with Crippen molar-refractivity contribution in [1.29, 1.82) is 5.26 Å². The van der Waals surface area contributed by atoms with Crippen molar-refractivity contribution in [3.8, 4) is 6.07 Å². The minimum absolute atomic E-state index is 0.225. The third-order valence-electron chi connectivity index (χ3n) is 4.58. The van der Waals surface area contributed by atoms with Crippen LogP contribution in [0.3, 0.4) is 0 Å². The lowest BCUT2D eigenvalue weighted by atomic mass is 9.61. The number of hydrogen-bond acceptors (Lipinski definition) is 5. The number of fused-ring (bicyclic) bond motifs is 1. The van der Waals surface area contributed by atoms with Crippen LogP contribution >= 0.6 is 0 Å². The standard InChI is InChI=1S/C17H21NO4/c1-3-22-15(20)16-9-5-4-8-13(16)17(12-18,14(19)21-2)11-7-6-10-16/h6-8H,3-5,9-11H2,1-2H3. The topological polar surface area (TPSA) is 76.4 Å². The first-order valence-electron chi connectivity index (χ1n) is 7.60. The van der Waals surface area contributed by atoms with Crippen molar-refractivity contribution in [2.24, 2.45) is 10.8 Å². The molecule has 0 aromatic carbocycles. The number of ether oxygens (including phenoxy) is 2. The largest absolute Gasteiger partial charge is 0.468 e. The molecular weight excluding hydrogens is 282 g/mol. The van der Waals surface area contributed by atoms with Gasteiger partial charge in [0.2, 0.25) is 0 Å². The summed E-state index contributed by atoms with van der Waals surface area (Å²) >= 11 is 0. The molecule has 0 aromatic rings. The molecule has 0 saturated heterocycles.